The zero-order valence-electron chi connectivity index (χ0n) is 11.1. The van der Waals surface area contributed by atoms with Crippen LogP contribution in [0.4, 0.5) is 0 Å². The van der Waals surface area contributed by atoms with Gasteiger partial charge < -0.3 is 19.7 Å². The molecule has 1 unspecified atom stereocenters. The number of hydrogen-bond acceptors (Lipinski definition) is 5. The lowest BCUT2D eigenvalue weighted by atomic mass is 10.1. The van der Waals surface area contributed by atoms with Crippen molar-refractivity contribution in [1.82, 2.24) is 5.16 Å². The first-order valence-electron chi connectivity index (χ1n) is 6.11. The van der Waals surface area contributed by atoms with E-state index in [1.165, 1.54) is 0 Å². The van der Waals surface area contributed by atoms with Crippen LogP contribution in [-0.4, -0.2) is 12.3 Å². The van der Waals surface area contributed by atoms with Gasteiger partial charge in [-0.25, -0.2) is 0 Å². The fourth-order valence-electron chi connectivity index (χ4n) is 1.66. The predicted molar refractivity (Wildman–Crippen MR) is 70.6 cm³/mol. The summed E-state index contributed by atoms with van der Waals surface area (Å²) in [6, 6.07) is 9.56. The smallest absolute Gasteiger partial charge is 0.162 e. The largest absolute Gasteiger partial charge is 0.487 e. The molecule has 2 rings (SSSR count). The van der Waals surface area contributed by atoms with Crippen molar-refractivity contribution >= 4 is 0 Å². The summed E-state index contributed by atoms with van der Waals surface area (Å²) in [6.45, 7) is 2.73. The Kier molecular flexibility index (Phi) is 4.54. The van der Waals surface area contributed by atoms with Crippen molar-refractivity contribution in [3.8, 4) is 5.75 Å². The molecule has 1 aromatic heterocycles. The normalized spacial score (nSPS) is 12.4. The molecule has 0 saturated carbocycles. The lowest BCUT2D eigenvalue weighted by Gasteiger charge is -2.07. The van der Waals surface area contributed by atoms with Crippen LogP contribution in [0, 0.1) is 0 Å². The first-order valence-corrected chi connectivity index (χ1v) is 6.11. The SMILES string of the molecule is COCc1cc(COc2ccc(C(C)N)cc2)no1. The molecule has 0 aliphatic rings. The quantitative estimate of drug-likeness (QED) is 0.865. The van der Waals surface area contributed by atoms with Crippen LogP contribution in [0.5, 0.6) is 5.75 Å². The van der Waals surface area contributed by atoms with E-state index in [2.05, 4.69) is 5.16 Å². The minimum absolute atomic E-state index is 0.0289. The standard InChI is InChI=1S/C14H18N2O3/c1-10(15)11-3-5-13(6-4-11)18-8-12-7-14(9-17-2)19-16-12/h3-7,10H,8-9,15H2,1-2H3. The van der Waals surface area contributed by atoms with Crippen LogP contribution in [0.2, 0.25) is 0 Å². The van der Waals surface area contributed by atoms with Gasteiger partial charge in [0.1, 0.15) is 24.7 Å². The molecular weight excluding hydrogens is 244 g/mol. The second-order valence-electron chi connectivity index (χ2n) is 4.36. The molecule has 0 aliphatic heterocycles. The molecule has 102 valence electrons. The first-order chi connectivity index (χ1) is 9.19. The number of aromatic nitrogens is 1. The van der Waals surface area contributed by atoms with Gasteiger partial charge in [-0.1, -0.05) is 17.3 Å². The number of benzene rings is 1. The Morgan fingerprint density at radius 3 is 2.63 bits per heavy atom. The summed E-state index contributed by atoms with van der Waals surface area (Å²) in [4.78, 5) is 0. The maximum atomic E-state index is 5.78. The van der Waals surface area contributed by atoms with Crippen LogP contribution in [0.1, 0.15) is 30.0 Å². The van der Waals surface area contributed by atoms with Gasteiger partial charge in [0.2, 0.25) is 0 Å². The molecular formula is C14H18N2O3. The summed E-state index contributed by atoms with van der Waals surface area (Å²) >= 11 is 0. The van der Waals surface area contributed by atoms with Gasteiger partial charge >= 0.3 is 0 Å². The average Bonchev–Trinajstić information content (AvgIpc) is 2.85. The van der Waals surface area contributed by atoms with E-state index in [1.54, 1.807) is 7.11 Å². The van der Waals surface area contributed by atoms with E-state index in [9.17, 15) is 0 Å². The molecule has 19 heavy (non-hydrogen) atoms. The highest BCUT2D eigenvalue weighted by Crippen LogP contribution is 2.17. The highest BCUT2D eigenvalue weighted by Gasteiger charge is 2.05. The molecule has 0 spiro atoms. The van der Waals surface area contributed by atoms with E-state index in [0.29, 0.717) is 19.0 Å². The molecule has 1 atom stereocenters. The van der Waals surface area contributed by atoms with Crippen molar-refractivity contribution in [1.29, 1.82) is 0 Å². The fraction of sp³-hybridized carbons (Fsp3) is 0.357. The molecule has 5 nitrogen and oxygen atoms in total. The van der Waals surface area contributed by atoms with Crippen LogP contribution < -0.4 is 10.5 Å². The maximum Gasteiger partial charge on any atom is 0.162 e. The van der Waals surface area contributed by atoms with Crippen molar-refractivity contribution in [2.45, 2.75) is 26.2 Å². The number of hydrogen-bond donors (Lipinski definition) is 1. The van der Waals surface area contributed by atoms with Gasteiger partial charge in [-0.2, -0.15) is 0 Å². The summed E-state index contributed by atoms with van der Waals surface area (Å²) in [7, 11) is 1.61. The third-order valence-corrected chi connectivity index (χ3v) is 2.69. The Bertz CT molecular complexity index is 506. The molecule has 1 heterocycles. The Hall–Kier alpha value is -1.85. The monoisotopic (exact) mass is 262 g/mol. The Morgan fingerprint density at radius 2 is 2.00 bits per heavy atom. The minimum atomic E-state index is 0.0289. The van der Waals surface area contributed by atoms with Crippen LogP contribution >= 0.6 is 0 Å². The zero-order valence-corrected chi connectivity index (χ0v) is 11.1. The molecule has 2 aromatic rings. The van der Waals surface area contributed by atoms with Crippen LogP contribution in [0.25, 0.3) is 0 Å². The van der Waals surface area contributed by atoms with E-state index in [0.717, 1.165) is 17.0 Å². The Labute approximate surface area is 112 Å². The van der Waals surface area contributed by atoms with Gasteiger partial charge in [-0.15, -0.1) is 0 Å². The number of ether oxygens (including phenoxy) is 2. The van der Waals surface area contributed by atoms with Gasteiger partial charge in [0, 0.05) is 19.2 Å². The molecule has 0 radical (unpaired) electrons. The van der Waals surface area contributed by atoms with Crippen LogP contribution in [0.15, 0.2) is 34.9 Å². The number of methoxy groups -OCH3 is 1. The third-order valence-electron chi connectivity index (χ3n) is 2.69. The van der Waals surface area contributed by atoms with Crippen molar-refractivity contribution in [3.05, 3.63) is 47.3 Å². The number of nitrogens with two attached hydrogens (primary N) is 1. The van der Waals surface area contributed by atoms with Gasteiger partial charge in [0.25, 0.3) is 0 Å². The lowest BCUT2D eigenvalue weighted by Crippen LogP contribution is -2.04. The van der Waals surface area contributed by atoms with Crippen LogP contribution in [0.3, 0.4) is 0 Å². The average molecular weight is 262 g/mol. The van der Waals surface area contributed by atoms with Crippen molar-refractivity contribution in [2.75, 3.05) is 7.11 Å². The number of nitrogens with zero attached hydrogens (tertiary/aromatic N) is 1. The van der Waals surface area contributed by atoms with E-state index in [-0.39, 0.29) is 6.04 Å². The summed E-state index contributed by atoms with van der Waals surface area (Å²) in [5.41, 5.74) is 7.60. The molecule has 0 fully saturated rings. The molecule has 0 amide bonds. The van der Waals surface area contributed by atoms with E-state index < -0.39 is 0 Å². The number of rotatable bonds is 6. The maximum absolute atomic E-state index is 5.78. The summed E-state index contributed by atoms with van der Waals surface area (Å²) in [5.74, 6) is 1.47. The van der Waals surface area contributed by atoms with E-state index in [1.807, 2.05) is 37.3 Å². The molecule has 0 bridgehead atoms. The van der Waals surface area contributed by atoms with Crippen molar-refractivity contribution in [2.24, 2.45) is 5.73 Å². The zero-order chi connectivity index (χ0) is 13.7. The second kappa shape index (κ2) is 6.36. The molecule has 0 saturated heterocycles. The molecule has 5 heteroatoms. The van der Waals surface area contributed by atoms with Crippen molar-refractivity contribution in [3.63, 3.8) is 0 Å². The third kappa shape index (κ3) is 3.81. The van der Waals surface area contributed by atoms with Gasteiger partial charge in [0.05, 0.1) is 0 Å². The summed E-state index contributed by atoms with van der Waals surface area (Å²) in [5, 5.41) is 3.90. The van der Waals surface area contributed by atoms with Crippen LogP contribution in [-0.2, 0) is 18.0 Å². The highest BCUT2D eigenvalue weighted by atomic mass is 16.5. The molecule has 2 N–H and O–H groups in total. The van der Waals surface area contributed by atoms with Gasteiger partial charge in [-0.3, -0.25) is 0 Å². The van der Waals surface area contributed by atoms with E-state index in [4.69, 9.17) is 19.7 Å². The minimum Gasteiger partial charge on any atom is -0.487 e. The first kappa shape index (κ1) is 13.6. The predicted octanol–water partition coefficient (Wildman–Crippen LogP) is 2.42. The van der Waals surface area contributed by atoms with Gasteiger partial charge in [-0.05, 0) is 24.6 Å². The van der Waals surface area contributed by atoms with Gasteiger partial charge in [0.15, 0.2) is 5.76 Å². The summed E-state index contributed by atoms with van der Waals surface area (Å²) < 4.78 is 15.6. The summed E-state index contributed by atoms with van der Waals surface area (Å²) in [6.07, 6.45) is 0. The van der Waals surface area contributed by atoms with E-state index >= 15 is 0 Å². The Balaban J connectivity index is 1.90. The highest BCUT2D eigenvalue weighted by molar-refractivity contribution is 5.28. The molecule has 1 aromatic carbocycles. The lowest BCUT2D eigenvalue weighted by molar-refractivity contribution is 0.155. The Morgan fingerprint density at radius 1 is 1.26 bits per heavy atom. The fourth-order valence-corrected chi connectivity index (χ4v) is 1.66. The topological polar surface area (TPSA) is 70.5 Å². The molecule has 0 aliphatic carbocycles. The van der Waals surface area contributed by atoms with Crippen molar-refractivity contribution < 1.29 is 14.0 Å². The second-order valence-corrected chi connectivity index (χ2v) is 4.36.